The third-order valence-electron chi connectivity index (χ3n) is 2.37. The number of rotatable bonds is 6. The van der Waals surface area contributed by atoms with Crippen LogP contribution in [0.2, 0.25) is 0 Å². The molecule has 0 bridgehead atoms. The molecule has 4 heteroatoms. The first-order chi connectivity index (χ1) is 8.16. The Balaban J connectivity index is 2.42. The summed E-state index contributed by atoms with van der Waals surface area (Å²) in [5.41, 5.74) is 0.0660. The number of nitrogens with one attached hydrogen (secondary N) is 1. The Hall–Kier alpha value is -0.920. The van der Waals surface area contributed by atoms with Crippen molar-refractivity contribution in [3.8, 4) is 12.3 Å². The highest BCUT2D eigenvalue weighted by Crippen LogP contribution is 2.21. The van der Waals surface area contributed by atoms with Crippen LogP contribution in [0.1, 0.15) is 24.8 Å². The van der Waals surface area contributed by atoms with Crippen LogP contribution in [0.15, 0.2) is 16.6 Å². The first kappa shape index (κ1) is 14.1. The van der Waals surface area contributed by atoms with Crippen LogP contribution >= 0.6 is 15.9 Å². The smallest absolute Gasteiger partial charge is 0.144 e. The van der Waals surface area contributed by atoms with Gasteiger partial charge in [0.2, 0.25) is 0 Å². The lowest BCUT2D eigenvalue weighted by molar-refractivity contribution is 0.527. The van der Waals surface area contributed by atoms with Gasteiger partial charge in [-0.3, -0.25) is 0 Å². The molecule has 1 rings (SSSR count). The molecule has 0 aliphatic carbocycles. The number of halogens is 3. The van der Waals surface area contributed by atoms with Crippen molar-refractivity contribution < 1.29 is 8.78 Å². The minimum Gasteiger partial charge on any atom is -0.312 e. The standard InChI is InChI=1S/C13H14BrF2N/c1-2-3-4-5-8-17-9-10-12(15)7-6-11(14)13(10)16/h1,6-7,17H,3-5,8-9H2. The van der Waals surface area contributed by atoms with E-state index in [1.165, 1.54) is 12.1 Å². The molecule has 0 unspecified atom stereocenters. The van der Waals surface area contributed by atoms with Gasteiger partial charge in [0.05, 0.1) is 4.47 Å². The molecule has 0 amide bonds. The van der Waals surface area contributed by atoms with Gasteiger partial charge >= 0.3 is 0 Å². The average Bonchev–Trinajstić information content (AvgIpc) is 2.32. The van der Waals surface area contributed by atoms with Gasteiger partial charge in [0, 0.05) is 18.5 Å². The molecule has 1 N–H and O–H groups in total. The van der Waals surface area contributed by atoms with Crippen LogP contribution in [-0.2, 0) is 6.54 Å². The molecule has 1 nitrogen and oxygen atoms in total. The van der Waals surface area contributed by atoms with Crippen molar-refractivity contribution in [2.75, 3.05) is 6.54 Å². The van der Waals surface area contributed by atoms with Gasteiger partial charge in [0.1, 0.15) is 11.6 Å². The Morgan fingerprint density at radius 2 is 2.06 bits per heavy atom. The zero-order valence-electron chi connectivity index (χ0n) is 9.40. The molecule has 17 heavy (non-hydrogen) atoms. The molecule has 0 radical (unpaired) electrons. The number of benzene rings is 1. The molecule has 0 heterocycles. The minimum atomic E-state index is -0.541. The lowest BCUT2D eigenvalue weighted by atomic mass is 10.2. The lowest BCUT2D eigenvalue weighted by Crippen LogP contribution is -2.17. The second-order valence-corrected chi connectivity index (χ2v) is 4.51. The summed E-state index contributed by atoms with van der Waals surface area (Å²) in [5, 5.41) is 3.00. The zero-order chi connectivity index (χ0) is 12.7. The Labute approximate surface area is 109 Å². The van der Waals surface area contributed by atoms with Crippen LogP contribution < -0.4 is 5.32 Å². The van der Waals surface area contributed by atoms with Crippen LogP contribution in [0.4, 0.5) is 8.78 Å². The van der Waals surface area contributed by atoms with Gasteiger partial charge in [-0.25, -0.2) is 8.78 Å². The van der Waals surface area contributed by atoms with E-state index in [2.05, 4.69) is 27.2 Å². The Morgan fingerprint density at radius 1 is 1.29 bits per heavy atom. The van der Waals surface area contributed by atoms with Crippen LogP contribution in [0.5, 0.6) is 0 Å². The van der Waals surface area contributed by atoms with Gasteiger partial charge < -0.3 is 5.32 Å². The molecule has 0 aliphatic heterocycles. The summed E-state index contributed by atoms with van der Waals surface area (Å²) in [5.74, 6) is 1.48. The Kier molecular flexibility index (Phi) is 6.17. The second-order valence-electron chi connectivity index (χ2n) is 3.66. The van der Waals surface area contributed by atoms with Gasteiger partial charge in [0.15, 0.2) is 0 Å². The maximum Gasteiger partial charge on any atom is 0.144 e. The van der Waals surface area contributed by atoms with E-state index < -0.39 is 11.6 Å². The maximum atomic E-state index is 13.5. The highest BCUT2D eigenvalue weighted by molar-refractivity contribution is 9.10. The van der Waals surface area contributed by atoms with E-state index in [1.54, 1.807) is 0 Å². The Morgan fingerprint density at radius 3 is 2.76 bits per heavy atom. The van der Waals surface area contributed by atoms with Crippen LogP contribution in [0, 0.1) is 24.0 Å². The summed E-state index contributed by atoms with van der Waals surface area (Å²) >= 11 is 3.03. The van der Waals surface area contributed by atoms with Crippen molar-refractivity contribution >= 4 is 15.9 Å². The van der Waals surface area contributed by atoms with E-state index >= 15 is 0 Å². The zero-order valence-corrected chi connectivity index (χ0v) is 11.0. The van der Waals surface area contributed by atoms with Crippen molar-refractivity contribution in [3.05, 3.63) is 33.8 Å². The van der Waals surface area contributed by atoms with E-state index in [4.69, 9.17) is 6.42 Å². The highest BCUT2D eigenvalue weighted by Gasteiger charge is 2.11. The maximum absolute atomic E-state index is 13.5. The Bertz CT molecular complexity index is 413. The fraction of sp³-hybridized carbons (Fsp3) is 0.385. The van der Waals surface area contributed by atoms with Crippen molar-refractivity contribution in [1.29, 1.82) is 0 Å². The van der Waals surface area contributed by atoms with E-state index in [0.29, 0.717) is 6.54 Å². The fourth-order valence-electron chi connectivity index (χ4n) is 1.42. The summed E-state index contributed by atoms with van der Waals surface area (Å²) in [6, 6.07) is 2.61. The first-order valence-corrected chi connectivity index (χ1v) is 6.22. The molecule has 0 fully saturated rings. The molecular formula is C13H14BrF2N. The minimum absolute atomic E-state index is 0.0660. The van der Waals surface area contributed by atoms with Crippen molar-refractivity contribution in [1.82, 2.24) is 5.32 Å². The molecule has 0 aromatic heterocycles. The highest BCUT2D eigenvalue weighted by atomic mass is 79.9. The number of hydrogen-bond acceptors (Lipinski definition) is 1. The van der Waals surface area contributed by atoms with Gasteiger partial charge in [-0.05, 0) is 47.4 Å². The predicted octanol–water partition coefficient (Wildman–Crippen LogP) is 3.62. The molecular weight excluding hydrogens is 288 g/mol. The second kappa shape index (κ2) is 7.41. The largest absolute Gasteiger partial charge is 0.312 e. The van der Waals surface area contributed by atoms with E-state index in [0.717, 1.165) is 19.3 Å². The first-order valence-electron chi connectivity index (χ1n) is 5.43. The normalized spacial score (nSPS) is 10.2. The van der Waals surface area contributed by atoms with Gasteiger partial charge in [-0.1, -0.05) is 0 Å². The van der Waals surface area contributed by atoms with E-state index in [1.807, 2.05) is 0 Å². The third kappa shape index (κ3) is 4.45. The molecule has 0 saturated carbocycles. The van der Waals surface area contributed by atoms with Crippen LogP contribution in [0.3, 0.4) is 0 Å². The topological polar surface area (TPSA) is 12.0 Å². The van der Waals surface area contributed by atoms with Crippen LogP contribution in [0.25, 0.3) is 0 Å². The molecule has 1 aromatic rings. The quantitative estimate of drug-likeness (QED) is 0.481. The predicted molar refractivity (Wildman–Crippen MR) is 68.4 cm³/mol. The third-order valence-corrected chi connectivity index (χ3v) is 2.98. The lowest BCUT2D eigenvalue weighted by Gasteiger charge is -2.07. The summed E-state index contributed by atoms with van der Waals surface area (Å²) in [4.78, 5) is 0. The fourth-order valence-corrected chi connectivity index (χ4v) is 1.79. The van der Waals surface area contributed by atoms with E-state index in [-0.39, 0.29) is 16.6 Å². The molecule has 0 spiro atoms. The summed E-state index contributed by atoms with van der Waals surface area (Å²) in [6.07, 6.45) is 7.68. The summed E-state index contributed by atoms with van der Waals surface area (Å²) in [7, 11) is 0. The van der Waals surface area contributed by atoms with Gasteiger partial charge in [-0.2, -0.15) is 0 Å². The number of unbranched alkanes of at least 4 members (excludes halogenated alkanes) is 2. The van der Waals surface area contributed by atoms with Crippen molar-refractivity contribution in [2.24, 2.45) is 0 Å². The van der Waals surface area contributed by atoms with Crippen LogP contribution in [-0.4, -0.2) is 6.54 Å². The number of terminal acetylenes is 1. The van der Waals surface area contributed by atoms with Gasteiger partial charge in [0.25, 0.3) is 0 Å². The summed E-state index contributed by atoms with van der Waals surface area (Å²) in [6.45, 7) is 0.889. The molecule has 0 saturated heterocycles. The monoisotopic (exact) mass is 301 g/mol. The average molecular weight is 302 g/mol. The molecule has 1 aromatic carbocycles. The number of hydrogen-bond donors (Lipinski definition) is 1. The van der Waals surface area contributed by atoms with Crippen molar-refractivity contribution in [3.63, 3.8) is 0 Å². The van der Waals surface area contributed by atoms with E-state index in [9.17, 15) is 8.78 Å². The SMILES string of the molecule is C#CCCCCNCc1c(F)ccc(Br)c1F. The summed E-state index contributed by atoms with van der Waals surface area (Å²) < 4.78 is 27.2. The molecule has 92 valence electrons. The van der Waals surface area contributed by atoms with Gasteiger partial charge in [-0.15, -0.1) is 12.3 Å². The van der Waals surface area contributed by atoms with Crippen molar-refractivity contribution in [2.45, 2.75) is 25.8 Å². The molecule has 0 aliphatic rings. The molecule has 0 atom stereocenters.